The summed E-state index contributed by atoms with van der Waals surface area (Å²) in [6.07, 6.45) is 4.10. The molecule has 0 spiro atoms. The number of aromatic nitrogens is 3. The zero-order chi connectivity index (χ0) is 20.5. The lowest BCUT2D eigenvalue weighted by Crippen LogP contribution is -2.33. The van der Waals surface area contributed by atoms with E-state index in [0.29, 0.717) is 0 Å². The molecule has 1 unspecified atom stereocenters. The Bertz CT molecular complexity index is 994. The maximum Gasteiger partial charge on any atom is 0.255 e. The minimum atomic E-state index is -0.110. The van der Waals surface area contributed by atoms with Crippen molar-refractivity contribution >= 4 is 17.2 Å². The monoisotopic (exact) mass is 411 g/mol. The molecule has 7 nitrogen and oxygen atoms in total. The van der Waals surface area contributed by atoms with Gasteiger partial charge in [0.15, 0.2) is 0 Å². The highest BCUT2D eigenvalue weighted by Gasteiger charge is 2.28. The molecule has 1 aliphatic rings. The third-order valence-electron chi connectivity index (χ3n) is 5.75. The molecule has 152 valence electrons. The van der Waals surface area contributed by atoms with E-state index in [9.17, 15) is 4.79 Å². The Morgan fingerprint density at radius 3 is 2.93 bits per heavy atom. The third-order valence-corrected chi connectivity index (χ3v) is 6.77. The van der Waals surface area contributed by atoms with Gasteiger partial charge in [0.1, 0.15) is 12.1 Å². The molecule has 4 rings (SSSR count). The van der Waals surface area contributed by atoms with E-state index in [1.54, 1.807) is 22.4 Å². The number of carbonyl (C=O) groups is 1. The van der Waals surface area contributed by atoms with Gasteiger partial charge in [-0.25, -0.2) is 9.97 Å². The fourth-order valence-electron chi connectivity index (χ4n) is 3.76. The lowest BCUT2D eigenvalue weighted by Gasteiger charge is -2.28. The molecule has 0 aromatic carbocycles. The van der Waals surface area contributed by atoms with E-state index >= 15 is 0 Å². The van der Waals surface area contributed by atoms with E-state index in [1.165, 1.54) is 22.3 Å². The standard InChI is InChI=1S/C21H25N5O2S/c1-13-17(15(3)28-24-13)9-26-8-6-16-18(11-29-20(16)10-26)21(27)25(4)14(2)19-5-7-22-12-23-19/h5,7,11-12,14H,6,8-10H2,1-4H3. The van der Waals surface area contributed by atoms with Crippen molar-refractivity contribution in [2.75, 3.05) is 13.6 Å². The molecule has 3 aromatic heterocycles. The van der Waals surface area contributed by atoms with Crippen LogP contribution in [0.3, 0.4) is 0 Å². The van der Waals surface area contributed by atoms with Crippen LogP contribution >= 0.6 is 11.3 Å². The summed E-state index contributed by atoms with van der Waals surface area (Å²) >= 11 is 1.68. The van der Waals surface area contributed by atoms with Crippen LogP contribution in [0.2, 0.25) is 0 Å². The highest BCUT2D eigenvalue weighted by Crippen LogP contribution is 2.32. The number of rotatable bonds is 5. The number of hydrogen-bond donors (Lipinski definition) is 0. The quantitative estimate of drug-likeness (QED) is 0.639. The van der Waals surface area contributed by atoms with Gasteiger partial charge >= 0.3 is 0 Å². The molecule has 1 amide bonds. The van der Waals surface area contributed by atoms with Gasteiger partial charge in [-0.3, -0.25) is 9.69 Å². The van der Waals surface area contributed by atoms with E-state index in [4.69, 9.17) is 4.52 Å². The molecule has 8 heteroatoms. The number of aryl methyl sites for hydroxylation is 2. The van der Waals surface area contributed by atoms with Crippen molar-refractivity contribution in [2.45, 2.75) is 46.3 Å². The highest BCUT2D eigenvalue weighted by molar-refractivity contribution is 7.10. The summed E-state index contributed by atoms with van der Waals surface area (Å²) < 4.78 is 5.29. The maximum absolute atomic E-state index is 13.2. The average molecular weight is 412 g/mol. The first-order valence-corrected chi connectivity index (χ1v) is 10.6. The lowest BCUT2D eigenvalue weighted by molar-refractivity contribution is 0.0738. The Hall–Kier alpha value is -2.58. The predicted octanol–water partition coefficient (Wildman–Crippen LogP) is 3.53. The SMILES string of the molecule is Cc1noc(C)c1CN1CCc2c(C(=O)N(C)C(C)c3ccncn3)csc2C1. The number of thiophene rings is 1. The van der Waals surface area contributed by atoms with Gasteiger partial charge in [0.25, 0.3) is 5.91 Å². The molecule has 0 saturated heterocycles. The van der Waals surface area contributed by atoms with Crippen LogP contribution < -0.4 is 0 Å². The molecule has 0 bridgehead atoms. The van der Waals surface area contributed by atoms with Crippen molar-refractivity contribution in [1.29, 1.82) is 0 Å². The van der Waals surface area contributed by atoms with Crippen molar-refractivity contribution in [2.24, 2.45) is 0 Å². The molecule has 0 radical (unpaired) electrons. The van der Waals surface area contributed by atoms with Crippen molar-refractivity contribution < 1.29 is 9.32 Å². The summed E-state index contributed by atoms with van der Waals surface area (Å²) in [5.74, 6) is 0.934. The summed E-state index contributed by atoms with van der Waals surface area (Å²) in [6, 6.07) is 1.74. The summed E-state index contributed by atoms with van der Waals surface area (Å²) in [4.78, 5) is 26.9. The maximum atomic E-state index is 13.2. The molecule has 0 saturated carbocycles. The minimum absolute atomic E-state index is 0.0489. The van der Waals surface area contributed by atoms with Gasteiger partial charge in [-0.1, -0.05) is 5.16 Å². The zero-order valence-corrected chi connectivity index (χ0v) is 18.0. The minimum Gasteiger partial charge on any atom is -0.361 e. The molecule has 1 aliphatic heterocycles. The van der Waals surface area contributed by atoms with Crippen molar-refractivity contribution in [3.05, 3.63) is 62.7 Å². The molecule has 4 heterocycles. The van der Waals surface area contributed by atoms with Gasteiger partial charge in [0, 0.05) is 48.7 Å². The van der Waals surface area contributed by atoms with Gasteiger partial charge in [-0.15, -0.1) is 11.3 Å². The summed E-state index contributed by atoms with van der Waals surface area (Å²) in [6.45, 7) is 8.53. The van der Waals surface area contributed by atoms with Crippen molar-refractivity contribution in [1.82, 2.24) is 24.9 Å². The van der Waals surface area contributed by atoms with E-state index in [0.717, 1.165) is 48.8 Å². The first-order chi connectivity index (χ1) is 14.0. The molecule has 1 atom stereocenters. The van der Waals surface area contributed by atoms with Gasteiger partial charge in [-0.05, 0) is 38.8 Å². The normalized spacial score (nSPS) is 15.2. The van der Waals surface area contributed by atoms with Crippen LogP contribution in [0.15, 0.2) is 28.5 Å². The lowest BCUT2D eigenvalue weighted by atomic mass is 10.0. The van der Waals surface area contributed by atoms with Crippen LogP contribution in [0.5, 0.6) is 0 Å². The number of hydrogen-bond acceptors (Lipinski definition) is 7. The van der Waals surface area contributed by atoms with Gasteiger partial charge < -0.3 is 9.42 Å². The predicted molar refractivity (Wildman–Crippen MR) is 111 cm³/mol. The number of carbonyl (C=O) groups excluding carboxylic acids is 1. The van der Waals surface area contributed by atoms with Crippen LogP contribution in [-0.4, -0.2) is 44.4 Å². The largest absolute Gasteiger partial charge is 0.361 e. The van der Waals surface area contributed by atoms with Crippen LogP contribution in [-0.2, 0) is 19.5 Å². The number of fused-ring (bicyclic) bond motifs is 1. The van der Waals surface area contributed by atoms with Gasteiger partial charge in [0.05, 0.1) is 23.0 Å². The van der Waals surface area contributed by atoms with Crippen LogP contribution in [0.1, 0.15) is 56.5 Å². The summed E-state index contributed by atoms with van der Waals surface area (Å²) in [7, 11) is 1.84. The van der Waals surface area contributed by atoms with Crippen LogP contribution in [0, 0.1) is 13.8 Å². The first-order valence-electron chi connectivity index (χ1n) is 9.72. The zero-order valence-electron chi connectivity index (χ0n) is 17.2. The van der Waals surface area contributed by atoms with E-state index < -0.39 is 0 Å². The third kappa shape index (κ3) is 3.82. The molecule has 29 heavy (non-hydrogen) atoms. The fraction of sp³-hybridized carbons (Fsp3) is 0.429. The molecule has 0 fully saturated rings. The van der Waals surface area contributed by atoms with Crippen LogP contribution in [0.25, 0.3) is 0 Å². The smallest absolute Gasteiger partial charge is 0.255 e. The van der Waals surface area contributed by atoms with E-state index in [1.807, 2.05) is 39.3 Å². The molecule has 3 aromatic rings. The highest BCUT2D eigenvalue weighted by atomic mass is 32.1. The Kier molecular flexibility index (Phi) is 5.47. The summed E-state index contributed by atoms with van der Waals surface area (Å²) in [5.41, 5.74) is 4.98. The Labute approximate surface area is 174 Å². The molecule has 0 aliphatic carbocycles. The van der Waals surface area contributed by atoms with Gasteiger partial charge in [0.2, 0.25) is 0 Å². The molecular weight excluding hydrogens is 386 g/mol. The Balaban J connectivity index is 1.48. The Morgan fingerprint density at radius 2 is 2.24 bits per heavy atom. The Morgan fingerprint density at radius 1 is 1.41 bits per heavy atom. The van der Waals surface area contributed by atoms with E-state index in [-0.39, 0.29) is 11.9 Å². The topological polar surface area (TPSA) is 75.4 Å². The van der Waals surface area contributed by atoms with Gasteiger partial charge in [-0.2, -0.15) is 0 Å². The number of nitrogens with zero attached hydrogens (tertiary/aromatic N) is 5. The second-order valence-electron chi connectivity index (χ2n) is 7.54. The fourth-order valence-corrected chi connectivity index (χ4v) is 4.87. The number of amides is 1. The van der Waals surface area contributed by atoms with E-state index in [2.05, 4.69) is 20.0 Å². The molecule has 0 N–H and O–H groups in total. The summed E-state index contributed by atoms with van der Waals surface area (Å²) in [5, 5.41) is 6.07. The average Bonchev–Trinajstić information content (AvgIpc) is 3.30. The second kappa shape index (κ2) is 8.04. The van der Waals surface area contributed by atoms with Crippen molar-refractivity contribution in [3.8, 4) is 0 Å². The van der Waals surface area contributed by atoms with Crippen LogP contribution in [0.4, 0.5) is 0 Å². The van der Waals surface area contributed by atoms with Crippen molar-refractivity contribution in [3.63, 3.8) is 0 Å². The second-order valence-corrected chi connectivity index (χ2v) is 8.50. The first kappa shape index (κ1) is 19.7. The molecular formula is C21H25N5O2S.